The first kappa shape index (κ1) is 19.7. The quantitative estimate of drug-likeness (QED) is 0.637. The number of hydrogen-bond acceptors (Lipinski definition) is 5. The van der Waals surface area contributed by atoms with E-state index in [1.807, 2.05) is 6.92 Å². The number of carbonyl (C=O) groups excluding carboxylic acids is 1. The van der Waals surface area contributed by atoms with Crippen molar-refractivity contribution in [2.75, 3.05) is 39.1 Å². The zero-order chi connectivity index (χ0) is 17.7. The van der Waals surface area contributed by atoms with E-state index in [0.29, 0.717) is 45.7 Å². The third kappa shape index (κ3) is 4.29. The predicted octanol–water partition coefficient (Wildman–Crippen LogP) is 1.26. The Morgan fingerprint density at radius 3 is 2.33 bits per heavy atom. The van der Waals surface area contributed by atoms with Gasteiger partial charge in [-0.25, -0.2) is 8.42 Å². The highest BCUT2D eigenvalue weighted by Crippen LogP contribution is 2.41. The van der Waals surface area contributed by atoms with Gasteiger partial charge in [-0.2, -0.15) is 0 Å². The van der Waals surface area contributed by atoms with Gasteiger partial charge in [-0.05, 0) is 57.5 Å². The van der Waals surface area contributed by atoms with Crippen LogP contribution in [0.3, 0.4) is 0 Å². The van der Waals surface area contributed by atoms with E-state index in [0.717, 1.165) is 19.3 Å². The zero-order valence-electron chi connectivity index (χ0n) is 15.0. The number of piperidine rings is 1. The highest BCUT2D eigenvalue weighted by atomic mass is 32.2. The number of carbonyl (C=O) groups is 1. The second-order valence-electron chi connectivity index (χ2n) is 7.35. The van der Waals surface area contributed by atoms with Crippen LogP contribution in [-0.4, -0.2) is 58.2 Å². The fraction of sp³-hybridized carbons (Fsp3) is 0.941. The number of hydrogen-bond donors (Lipinski definition) is 2. The van der Waals surface area contributed by atoms with Gasteiger partial charge in [0.15, 0.2) is 14.6 Å². The molecule has 7 heteroatoms. The molecule has 0 aromatic heterocycles. The van der Waals surface area contributed by atoms with Crippen molar-refractivity contribution < 1.29 is 17.9 Å². The SMILES string of the molecule is CCOCCC1(CNC(=O)C2(S(C)(=O)=O)CCNCC2)CCCC1. The molecule has 0 aromatic rings. The Morgan fingerprint density at radius 1 is 1.17 bits per heavy atom. The largest absolute Gasteiger partial charge is 0.382 e. The van der Waals surface area contributed by atoms with Crippen LogP contribution in [0.2, 0.25) is 0 Å². The van der Waals surface area contributed by atoms with E-state index in [9.17, 15) is 13.2 Å². The molecule has 6 nitrogen and oxygen atoms in total. The van der Waals surface area contributed by atoms with Crippen molar-refractivity contribution >= 4 is 15.7 Å². The van der Waals surface area contributed by atoms with Gasteiger partial charge in [-0.15, -0.1) is 0 Å². The molecule has 0 radical (unpaired) electrons. The Morgan fingerprint density at radius 2 is 1.79 bits per heavy atom. The number of ether oxygens (including phenoxy) is 1. The van der Waals surface area contributed by atoms with Crippen molar-refractivity contribution in [1.82, 2.24) is 10.6 Å². The highest BCUT2D eigenvalue weighted by molar-refractivity contribution is 7.92. The molecule has 0 bridgehead atoms. The van der Waals surface area contributed by atoms with Crippen LogP contribution in [0, 0.1) is 5.41 Å². The summed E-state index contributed by atoms with van der Waals surface area (Å²) in [5.41, 5.74) is 0.0659. The van der Waals surface area contributed by atoms with E-state index in [1.54, 1.807) is 0 Å². The minimum absolute atomic E-state index is 0.0659. The first-order valence-corrected chi connectivity index (χ1v) is 11.0. The second-order valence-corrected chi connectivity index (χ2v) is 9.68. The van der Waals surface area contributed by atoms with Crippen LogP contribution in [0.4, 0.5) is 0 Å². The normalized spacial score (nSPS) is 23.1. The van der Waals surface area contributed by atoms with Gasteiger partial charge in [-0.3, -0.25) is 4.79 Å². The molecule has 1 amide bonds. The second kappa shape index (κ2) is 8.15. The average molecular weight is 361 g/mol. The molecule has 1 aliphatic carbocycles. The van der Waals surface area contributed by atoms with E-state index < -0.39 is 14.6 Å². The Labute approximate surface area is 146 Å². The van der Waals surface area contributed by atoms with Gasteiger partial charge in [-0.1, -0.05) is 12.8 Å². The van der Waals surface area contributed by atoms with Crippen LogP contribution in [-0.2, 0) is 19.4 Å². The number of amides is 1. The van der Waals surface area contributed by atoms with Crippen molar-refractivity contribution in [3.8, 4) is 0 Å². The Hall–Kier alpha value is -0.660. The van der Waals surface area contributed by atoms with Crippen LogP contribution in [0.15, 0.2) is 0 Å². The average Bonchev–Trinajstić information content (AvgIpc) is 3.02. The molecule has 1 aliphatic heterocycles. The Bertz CT molecular complexity index is 521. The number of sulfone groups is 1. The molecule has 2 rings (SSSR count). The third-order valence-corrected chi connectivity index (χ3v) is 7.82. The lowest BCUT2D eigenvalue weighted by atomic mass is 9.82. The number of rotatable bonds is 8. The maximum absolute atomic E-state index is 12.8. The van der Waals surface area contributed by atoms with Gasteiger partial charge in [0.1, 0.15) is 0 Å². The van der Waals surface area contributed by atoms with Crippen molar-refractivity contribution in [3.63, 3.8) is 0 Å². The molecule has 2 N–H and O–H groups in total. The van der Waals surface area contributed by atoms with Gasteiger partial charge >= 0.3 is 0 Å². The topological polar surface area (TPSA) is 84.5 Å². The summed E-state index contributed by atoms with van der Waals surface area (Å²) in [5, 5.41) is 6.15. The molecule has 24 heavy (non-hydrogen) atoms. The summed E-state index contributed by atoms with van der Waals surface area (Å²) in [6, 6.07) is 0. The standard InChI is InChI=1S/C17H32N2O4S/c1-3-23-13-10-16(6-4-5-7-16)14-19-15(20)17(24(2,21)22)8-11-18-12-9-17/h18H,3-14H2,1-2H3,(H,19,20). The van der Waals surface area contributed by atoms with Crippen molar-refractivity contribution in [2.24, 2.45) is 5.41 Å². The number of nitrogens with one attached hydrogen (secondary N) is 2. The molecule has 1 saturated carbocycles. The monoisotopic (exact) mass is 360 g/mol. The maximum atomic E-state index is 12.8. The summed E-state index contributed by atoms with van der Waals surface area (Å²) in [6.45, 7) is 5.08. The summed E-state index contributed by atoms with van der Waals surface area (Å²) in [7, 11) is -3.45. The molecule has 1 saturated heterocycles. The smallest absolute Gasteiger partial charge is 0.241 e. The van der Waals surface area contributed by atoms with Crippen molar-refractivity contribution in [1.29, 1.82) is 0 Å². The maximum Gasteiger partial charge on any atom is 0.241 e. The molecular formula is C17H32N2O4S. The minimum atomic E-state index is -3.45. The van der Waals surface area contributed by atoms with Crippen LogP contribution < -0.4 is 10.6 Å². The highest BCUT2D eigenvalue weighted by Gasteiger charge is 2.49. The van der Waals surface area contributed by atoms with E-state index >= 15 is 0 Å². The lowest BCUT2D eigenvalue weighted by Crippen LogP contribution is -2.58. The van der Waals surface area contributed by atoms with Crippen molar-refractivity contribution in [2.45, 2.75) is 56.6 Å². The van der Waals surface area contributed by atoms with Gasteiger partial charge in [0.2, 0.25) is 5.91 Å². The van der Waals surface area contributed by atoms with Crippen LogP contribution in [0.1, 0.15) is 51.9 Å². The molecule has 0 unspecified atom stereocenters. The summed E-state index contributed by atoms with van der Waals surface area (Å²) in [6.07, 6.45) is 7.31. The van der Waals surface area contributed by atoms with Gasteiger partial charge < -0.3 is 15.4 Å². The zero-order valence-corrected chi connectivity index (χ0v) is 15.8. The first-order chi connectivity index (χ1) is 11.4. The summed E-state index contributed by atoms with van der Waals surface area (Å²) >= 11 is 0. The summed E-state index contributed by atoms with van der Waals surface area (Å²) < 4.78 is 28.9. The molecule has 140 valence electrons. The molecular weight excluding hydrogens is 328 g/mol. The summed E-state index contributed by atoms with van der Waals surface area (Å²) in [4.78, 5) is 12.8. The summed E-state index contributed by atoms with van der Waals surface area (Å²) in [5.74, 6) is -0.311. The molecule has 0 atom stereocenters. The molecule has 2 aliphatic rings. The van der Waals surface area contributed by atoms with Gasteiger partial charge in [0.05, 0.1) is 0 Å². The van der Waals surface area contributed by atoms with E-state index in [-0.39, 0.29) is 11.3 Å². The lowest BCUT2D eigenvalue weighted by molar-refractivity contribution is -0.125. The van der Waals surface area contributed by atoms with Crippen LogP contribution >= 0.6 is 0 Å². The minimum Gasteiger partial charge on any atom is -0.382 e. The van der Waals surface area contributed by atoms with E-state index in [2.05, 4.69) is 10.6 Å². The van der Waals surface area contributed by atoms with Gasteiger partial charge in [0.25, 0.3) is 0 Å². The lowest BCUT2D eigenvalue weighted by Gasteiger charge is -2.36. The molecule has 1 heterocycles. The van der Waals surface area contributed by atoms with Crippen molar-refractivity contribution in [3.05, 3.63) is 0 Å². The van der Waals surface area contributed by atoms with E-state index in [1.165, 1.54) is 19.1 Å². The fourth-order valence-electron chi connectivity index (χ4n) is 4.10. The first-order valence-electron chi connectivity index (χ1n) is 9.12. The Kier molecular flexibility index (Phi) is 6.67. The van der Waals surface area contributed by atoms with E-state index in [4.69, 9.17) is 4.74 Å². The fourth-order valence-corrected chi connectivity index (χ4v) is 5.45. The third-order valence-electron chi connectivity index (χ3n) is 5.80. The predicted molar refractivity (Wildman–Crippen MR) is 94.7 cm³/mol. The molecule has 2 fully saturated rings. The van der Waals surface area contributed by atoms with Gasteiger partial charge in [0, 0.05) is 26.0 Å². The van der Waals surface area contributed by atoms with Crippen LogP contribution in [0.25, 0.3) is 0 Å². The Balaban J connectivity index is 2.03. The molecule has 0 aromatic carbocycles. The van der Waals surface area contributed by atoms with Crippen LogP contribution in [0.5, 0.6) is 0 Å². The molecule has 0 spiro atoms.